The van der Waals surface area contributed by atoms with Crippen molar-refractivity contribution in [2.24, 2.45) is 0 Å². The third kappa shape index (κ3) is 3.09. The van der Waals surface area contributed by atoms with Crippen molar-refractivity contribution >= 4 is 39.2 Å². The summed E-state index contributed by atoms with van der Waals surface area (Å²) in [7, 11) is 0. The number of imidazole rings is 1. The Morgan fingerprint density at radius 2 is 1.95 bits per heavy atom. The maximum atomic E-state index is 13.7. The van der Waals surface area contributed by atoms with E-state index in [9.17, 15) is 4.39 Å². The van der Waals surface area contributed by atoms with Gasteiger partial charge in [0, 0.05) is 12.6 Å². The standard InChI is InChI=1S/C16H14BrFN2S/c17-12-9-14-15(10-13(12)18)20(16(21)19-14)8-4-7-11-5-2-1-3-6-11/h1-3,5-6,9-10H,4,7-8H2,(H,19,21). The van der Waals surface area contributed by atoms with E-state index in [1.807, 2.05) is 22.8 Å². The maximum absolute atomic E-state index is 13.7. The number of benzene rings is 2. The third-order valence-electron chi connectivity index (χ3n) is 3.51. The number of aromatic amines is 1. The number of aromatic nitrogens is 2. The van der Waals surface area contributed by atoms with E-state index in [0.29, 0.717) is 9.24 Å². The van der Waals surface area contributed by atoms with Crippen molar-refractivity contribution in [3.8, 4) is 0 Å². The monoisotopic (exact) mass is 364 g/mol. The van der Waals surface area contributed by atoms with Crippen LogP contribution in [0.1, 0.15) is 12.0 Å². The zero-order valence-electron chi connectivity index (χ0n) is 11.3. The van der Waals surface area contributed by atoms with Gasteiger partial charge in [0.1, 0.15) is 5.82 Å². The molecular weight excluding hydrogens is 351 g/mol. The van der Waals surface area contributed by atoms with Gasteiger partial charge in [-0.1, -0.05) is 30.3 Å². The Morgan fingerprint density at radius 3 is 2.71 bits per heavy atom. The number of hydrogen-bond donors (Lipinski definition) is 1. The average molecular weight is 365 g/mol. The van der Waals surface area contributed by atoms with Gasteiger partial charge >= 0.3 is 0 Å². The van der Waals surface area contributed by atoms with Crippen molar-refractivity contribution in [3.63, 3.8) is 0 Å². The molecule has 3 aromatic rings. The highest BCUT2D eigenvalue weighted by Crippen LogP contribution is 2.23. The van der Waals surface area contributed by atoms with Crippen LogP contribution in [0, 0.1) is 10.6 Å². The summed E-state index contributed by atoms with van der Waals surface area (Å²) in [5.41, 5.74) is 2.97. The fourth-order valence-electron chi connectivity index (χ4n) is 2.46. The molecule has 0 radical (unpaired) electrons. The minimum atomic E-state index is -0.270. The highest BCUT2D eigenvalue weighted by Gasteiger charge is 2.08. The first kappa shape index (κ1) is 14.5. The molecule has 0 spiro atoms. The molecule has 1 N–H and O–H groups in total. The Hall–Kier alpha value is -1.46. The number of fused-ring (bicyclic) bond motifs is 1. The highest BCUT2D eigenvalue weighted by atomic mass is 79.9. The van der Waals surface area contributed by atoms with Crippen LogP contribution in [-0.2, 0) is 13.0 Å². The van der Waals surface area contributed by atoms with Gasteiger partial charge in [-0.3, -0.25) is 0 Å². The van der Waals surface area contributed by atoms with Crippen molar-refractivity contribution in [2.45, 2.75) is 19.4 Å². The molecule has 0 aliphatic heterocycles. The average Bonchev–Trinajstić information content (AvgIpc) is 2.76. The van der Waals surface area contributed by atoms with Gasteiger partial charge in [0.2, 0.25) is 0 Å². The SMILES string of the molecule is Fc1cc2c(cc1Br)[nH]c(=S)n2CCCc1ccccc1. The topological polar surface area (TPSA) is 20.7 Å². The molecule has 2 nitrogen and oxygen atoms in total. The van der Waals surface area contributed by atoms with Crippen molar-refractivity contribution in [1.29, 1.82) is 0 Å². The quantitative estimate of drug-likeness (QED) is 0.628. The van der Waals surface area contributed by atoms with Crippen molar-refractivity contribution in [1.82, 2.24) is 9.55 Å². The van der Waals surface area contributed by atoms with E-state index >= 15 is 0 Å². The Kier molecular flexibility index (Phi) is 4.22. The minimum absolute atomic E-state index is 0.270. The van der Waals surface area contributed by atoms with Gasteiger partial charge in [-0.05, 0) is 52.6 Å². The second-order valence-electron chi connectivity index (χ2n) is 4.95. The number of nitrogens with zero attached hydrogens (tertiary/aromatic N) is 1. The van der Waals surface area contributed by atoms with E-state index in [1.54, 1.807) is 6.07 Å². The van der Waals surface area contributed by atoms with Gasteiger partial charge in [0.25, 0.3) is 0 Å². The highest BCUT2D eigenvalue weighted by molar-refractivity contribution is 9.10. The van der Waals surface area contributed by atoms with Crippen molar-refractivity contribution in [2.75, 3.05) is 0 Å². The lowest BCUT2D eigenvalue weighted by Gasteiger charge is -2.05. The molecule has 0 fully saturated rings. The summed E-state index contributed by atoms with van der Waals surface area (Å²) in [5.74, 6) is -0.270. The lowest BCUT2D eigenvalue weighted by Crippen LogP contribution is -2.00. The number of nitrogens with one attached hydrogen (secondary N) is 1. The van der Waals surface area contributed by atoms with Gasteiger partial charge in [-0.15, -0.1) is 0 Å². The van der Waals surface area contributed by atoms with Crippen LogP contribution in [0.3, 0.4) is 0 Å². The Balaban J connectivity index is 1.82. The second kappa shape index (κ2) is 6.12. The zero-order valence-corrected chi connectivity index (χ0v) is 13.7. The lowest BCUT2D eigenvalue weighted by molar-refractivity contribution is 0.618. The number of halogens is 2. The molecule has 1 aromatic heterocycles. The first-order chi connectivity index (χ1) is 10.1. The summed E-state index contributed by atoms with van der Waals surface area (Å²) < 4.78 is 16.8. The molecule has 0 saturated carbocycles. The van der Waals surface area contributed by atoms with Gasteiger partial charge < -0.3 is 9.55 Å². The molecule has 0 bridgehead atoms. The first-order valence-corrected chi connectivity index (χ1v) is 7.97. The van der Waals surface area contributed by atoms with E-state index in [4.69, 9.17) is 12.2 Å². The lowest BCUT2D eigenvalue weighted by atomic mass is 10.1. The van der Waals surface area contributed by atoms with E-state index in [2.05, 4.69) is 33.0 Å². The first-order valence-electron chi connectivity index (χ1n) is 6.76. The summed E-state index contributed by atoms with van der Waals surface area (Å²) >= 11 is 8.53. The summed E-state index contributed by atoms with van der Waals surface area (Å²) in [6.07, 6.45) is 1.94. The Morgan fingerprint density at radius 1 is 1.19 bits per heavy atom. The zero-order chi connectivity index (χ0) is 14.8. The smallest absolute Gasteiger partial charge is 0.178 e. The van der Waals surface area contributed by atoms with Crippen LogP contribution in [0.4, 0.5) is 4.39 Å². The number of aryl methyl sites for hydroxylation is 2. The van der Waals surface area contributed by atoms with Crippen LogP contribution >= 0.6 is 28.1 Å². The predicted molar refractivity (Wildman–Crippen MR) is 89.5 cm³/mol. The normalized spacial score (nSPS) is 11.1. The number of rotatable bonds is 4. The van der Waals surface area contributed by atoms with E-state index in [1.165, 1.54) is 11.6 Å². The summed E-state index contributed by atoms with van der Waals surface area (Å²) in [6.45, 7) is 0.773. The predicted octanol–water partition coefficient (Wildman–Crippen LogP) is 5.23. The van der Waals surface area contributed by atoms with Crippen LogP contribution in [0.15, 0.2) is 46.9 Å². The van der Waals surface area contributed by atoms with Crippen molar-refractivity contribution in [3.05, 3.63) is 63.1 Å². The fraction of sp³-hybridized carbons (Fsp3) is 0.188. The van der Waals surface area contributed by atoms with Gasteiger partial charge in [0.15, 0.2) is 4.77 Å². The van der Waals surface area contributed by atoms with Crippen LogP contribution < -0.4 is 0 Å². The van der Waals surface area contributed by atoms with Crippen LogP contribution in [0.5, 0.6) is 0 Å². The molecule has 1 heterocycles. The Labute approximate surface area is 135 Å². The van der Waals surface area contributed by atoms with Crippen LogP contribution in [0.2, 0.25) is 0 Å². The van der Waals surface area contributed by atoms with Gasteiger partial charge in [-0.2, -0.15) is 0 Å². The van der Waals surface area contributed by atoms with Gasteiger partial charge in [-0.25, -0.2) is 4.39 Å². The molecule has 0 aliphatic rings. The second-order valence-corrected chi connectivity index (χ2v) is 6.20. The van der Waals surface area contributed by atoms with Crippen LogP contribution in [-0.4, -0.2) is 9.55 Å². The van der Waals surface area contributed by atoms with E-state index < -0.39 is 0 Å². The summed E-state index contributed by atoms with van der Waals surface area (Å²) in [5, 5.41) is 0. The van der Waals surface area contributed by atoms with Crippen molar-refractivity contribution < 1.29 is 4.39 Å². The molecule has 0 unspecified atom stereocenters. The molecule has 0 saturated heterocycles. The number of hydrogen-bond acceptors (Lipinski definition) is 1. The molecule has 2 aromatic carbocycles. The molecule has 0 amide bonds. The molecule has 0 atom stereocenters. The van der Waals surface area contributed by atoms with E-state index in [-0.39, 0.29) is 5.82 Å². The Bertz CT molecular complexity index is 823. The third-order valence-corrected chi connectivity index (χ3v) is 4.44. The maximum Gasteiger partial charge on any atom is 0.178 e. The van der Waals surface area contributed by atoms with E-state index in [0.717, 1.165) is 30.4 Å². The summed E-state index contributed by atoms with van der Waals surface area (Å²) in [4.78, 5) is 3.12. The number of H-pyrrole nitrogens is 1. The molecule has 3 rings (SSSR count). The largest absolute Gasteiger partial charge is 0.331 e. The molecule has 21 heavy (non-hydrogen) atoms. The molecule has 5 heteroatoms. The molecule has 0 aliphatic carbocycles. The molecular formula is C16H14BrFN2S. The van der Waals surface area contributed by atoms with Crippen LogP contribution in [0.25, 0.3) is 11.0 Å². The minimum Gasteiger partial charge on any atom is -0.331 e. The fourth-order valence-corrected chi connectivity index (χ4v) is 3.10. The molecule has 108 valence electrons. The summed E-state index contributed by atoms with van der Waals surface area (Å²) in [6, 6.07) is 13.6. The van der Waals surface area contributed by atoms with Gasteiger partial charge in [0.05, 0.1) is 15.5 Å².